The van der Waals surface area contributed by atoms with E-state index in [0.717, 1.165) is 12.3 Å². The third-order valence-corrected chi connectivity index (χ3v) is 4.13. The van der Waals surface area contributed by atoms with Crippen LogP contribution >= 0.6 is 0 Å². The molecule has 0 aromatic rings. The molecule has 1 aliphatic rings. The fourth-order valence-corrected chi connectivity index (χ4v) is 3.12. The van der Waals surface area contributed by atoms with Gasteiger partial charge in [-0.25, -0.2) is 0 Å². The summed E-state index contributed by atoms with van der Waals surface area (Å²) >= 11 is 0. The van der Waals surface area contributed by atoms with Crippen LogP contribution in [0, 0.1) is 17.8 Å². The molecule has 3 atom stereocenters. The molecule has 3 nitrogen and oxygen atoms in total. The monoisotopic (exact) mass is 241 g/mol. The van der Waals surface area contributed by atoms with Gasteiger partial charge in [0.1, 0.15) is 0 Å². The van der Waals surface area contributed by atoms with Crippen molar-refractivity contribution in [2.45, 2.75) is 64.8 Å². The molecule has 3 unspecified atom stereocenters. The normalized spacial score (nSPS) is 22.3. The molecule has 1 rings (SSSR count). The van der Waals surface area contributed by atoms with Crippen LogP contribution in [-0.4, -0.2) is 17.1 Å². The van der Waals surface area contributed by atoms with E-state index in [9.17, 15) is 4.79 Å². The van der Waals surface area contributed by atoms with Crippen LogP contribution in [0.15, 0.2) is 0 Å². The molecule has 3 heteroatoms. The fourth-order valence-electron chi connectivity index (χ4n) is 3.12. The van der Waals surface area contributed by atoms with E-state index in [4.69, 9.17) is 10.8 Å². The Morgan fingerprint density at radius 3 is 2.47 bits per heavy atom. The lowest BCUT2D eigenvalue weighted by molar-refractivity contribution is -0.137. The van der Waals surface area contributed by atoms with E-state index in [-0.39, 0.29) is 12.5 Å². The minimum absolute atomic E-state index is 0.0946. The summed E-state index contributed by atoms with van der Waals surface area (Å²) in [6.07, 6.45) is 8.02. The first kappa shape index (κ1) is 14.5. The molecule has 0 aromatic carbocycles. The molecule has 1 fully saturated rings. The first-order valence-corrected chi connectivity index (χ1v) is 6.96. The molecular formula is C14H27NO2. The molecule has 0 aliphatic heterocycles. The number of carboxylic acids is 1. The standard InChI is InChI=1S/C14H27NO2/c1-10(8-12-5-3-4-6-12)7-11(2)13(15)9-14(16)17/h10-13H,3-9,15H2,1-2H3,(H,16,17). The molecular weight excluding hydrogens is 214 g/mol. The van der Waals surface area contributed by atoms with Gasteiger partial charge in [0.2, 0.25) is 0 Å². The topological polar surface area (TPSA) is 63.3 Å². The fraction of sp³-hybridized carbons (Fsp3) is 0.929. The summed E-state index contributed by atoms with van der Waals surface area (Å²) in [6.45, 7) is 4.36. The third kappa shape index (κ3) is 5.53. The molecule has 0 bridgehead atoms. The van der Waals surface area contributed by atoms with Gasteiger partial charge < -0.3 is 10.8 Å². The predicted octanol–water partition coefficient (Wildman–Crippen LogP) is 3.03. The first-order chi connectivity index (χ1) is 7.99. The van der Waals surface area contributed by atoms with Crippen LogP contribution in [0.1, 0.15) is 58.8 Å². The minimum Gasteiger partial charge on any atom is -0.481 e. The van der Waals surface area contributed by atoms with Crippen LogP contribution in [0.4, 0.5) is 0 Å². The van der Waals surface area contributed by atoms with Crippen molar-refractivity contribution in [3.05, 3.63) is 0 Å². The number of hydrogen-bond donors (Lipinski definition) is 2. The summed E-state index contributed by atoms with van der Waals surface area (Å²) in [6, 6.07) is -0.196. The molecule has 0 amide bonds. The van der Waals surface area contributed by atoms with Crippen LogP contribution in [0.25, 0.3) is 0 Å². The average molecular weight is 241 g/mol. The molecule has 0 aromatic heterocycles. The van der Waals surface area contributed by atoms with E-state index in [2.05, 4.69) is 13.8 Å². The van der Waals surface area contributed by atoms with E-state index < -0.39 is 5.97 Å². The minimum atomic E-state index is -0.784. The zero-order valence-corrected chi connectivity index (χ0v) is 11.2. The zero-order valence-electron chi connectivity index (χ0n) is 11.2. The van der Waals surface area contributed by atoms with Gasteiger partial charge in [0.15, 0.2) is 0 Å². The highest BCUT2D eigenvalue weighted by atomic mass is 16.4. The maximum atomic E-state index is 10.6. The van der Waals surface area contributed by atoms with E-state index in [0.29, 0.717) is 11.8 Å². The molecule has 0 spiro atoms. The number of rotatable bonds is 7. The molecule has 3 N–H and O–H groups in total. The Morgan fingerprint density at radius 2 is 1.94 bits per heavy atom. The van der Waals surface area contributed by atoms with Crippen molar-refractivity contribution in [3.63, 3.8) is 0 Å². The first-order valence-electron chi connectivity index (χ1n) is 6.96. The van der Waals surface area contributed by atoms with Crippen molar-refractivity contribution in [2.75, 3.05) is 0 Å². The summed E-state index contributed by atoms with van der Waals surface area (Å²) < 4.78 is 0. The quantitative estimate of drug-likeness (QED) is 0.720. The Bertz CT molecular complexity index is 236. The maximum Gasteiger partial charge on any atom is 0.304 e. The summed E-state index contributed by atoms with van der Waals surface area (Å²) in [4.78, 5) is 10.6. The van der Waals surface area contributed by atoms with Crippen LogP contribution in [0.3, 0.4) is 0 Å². The lowest BCUT2D eigenvalue weighted by Gasteiger charge is -2.23. The summed E-state index contributed by atoms with van der Waals surface area (Å²) in [5.74, 6) is 1.11. The molecule has 0 heterocycles. The summed E-state index contributed by atoms with van der Waals surface area (Å²) in [5.41, 5.74) is 5.89. The van der Waals surface area contributed by atoms with Gasteiger partial charge in [-0.1, -0.05) is 39.5 Å². The summed E-state index contributed by atoms with van der Waals surface area (Å²) in [5, 5.41) is 8.72. The van der Waals surface area contributed by atoms with Crippen LogP contribution in [-0.2, 0) is 4.79 Å². The molecule has 1 saturated carbocycles. The van der Waals surface area contributed by atoms with Crippen molar-refractivity contribution < 1.29 is 9.90 Å². The van der Waals surface area contributed by atoms with Crippen molar-refractivity contribution in [2.24, 2.45) is 23.5 Å². The van der Waals surface area contributed by atoms with Gasteiger partial charge in [-0.05, 0) is 30.6 Å². The Kier molecular flexibility index (Phi) is 5.96. The summed E-state index contributed by atoms with van der Waals surface area (Å²) in [7, 11) is 0. The Balaban J connectivity index is 2.23. The Labute approximate surface area is 105 Å². The van der Waals surface area contributed by atoms with Gasteiger partial charge in [0.05, 0.1) is 6.42 Å². The molecule has 0 saturated heterocycles. The van der Waals surface area contributed by atoms with Crippen molar-refractivity contribution in [3.8, 4) is 0 Å². The number of hydrogen-bond acceptors (Lipinski definition) is 2. The van der Waals surface area contributed by atoms with Crippen LogP contribution in [0.5, 0.6) is 0 Å². The number of carbonyl (C=O) groups is 1. The molecule has 100 valence electrons. The zero-order chi connectivity index (χ0) is 12.8. The van der Waals surface area contributed by atoms with E-state index in [1.807, 2.05) is 0 Å². The highest BCUT2D eigenvalue weighted by Gasteiger charge is 2.22. The van der Waals surface area contributed by atoms with Crippen LogP contribution < -0.4 is 5.73 Å². The number of carboxylic acid groups (broad SMARTS) is 1. The highest BCUT2D eigenvalue weighted by Crippen LogP contribution is 2.32. The largest absolute Gasteiger partial charge is 0.481 e. The van der Waals surface area contributed by atoms with Gasteiger partial charge in [0.25, 0.3) is 0 Å². The lowest BCUT2D eigenvalue weighted by atomic mass is 9.85. The number of nitrogens with two attached hydrogens (primary N) is 1. The van der Waals surface area contributed by atoms with Crippen molar-refractivity contribution in [1.29, 1.82) is 0 Å². The Morgan fingerprint density at radius 1 is 1.35 bits per heavy atom. The van der Waals surface area contributed by atoms with Crippen molar-refractivity contribution >= 4 is 5.97 Å². The van der Waals surface area contributed by atoms with E-state index >= 15 is 0 Å². The van der Waals surface area contributed by atoms with E-state index in [1.54, 1.807) is 0 Å². The second kappa shape index (κ2) is 7.00. The molecule has 17 heavy (non-hydrogen) atoms. The second-order valence-electron chi connectivity index (χ2n) is 5.97. The van der Waals surface area contributed by atoms with Gasteiger partial charge in [-0.15, -0.1) is 0 Å². The van der Waals surface area contributed by atoms with Crippen LogP contribution in [0.2, 0.25) is 0 Å². The maximum absolute atomic E-state index is 10.6. The van der Waals surface area contributed by atoms with Crippen molar-refractivity contribution in [1.82, 2.24) is 0 Å². The average Bonchev–Trinajstić information content (AvgIpc) is 2.68. The lowest BCUT2D eigenvalue weighted by Crippen LogP contribution is -2.32. The highest BCUT2D eigenvalue weighted by molar-refractivity contribution is 5.67. The van der Waals surface area contributed by atoms with E-state index in [1.165, 1.54) is 32.1 Å². The van der Waals surface area contributed by atoms with Gasteiger partial charge in [0, 0.05) is 6.04 Å². The second-order valence-corrected chi connectivity index (χ2v) is 5.97. The molecule has 0 radical (unpaired) electrons. The third-order valence-electron chi connectivity index (χ3n) is 4.13. The smallest absolute Gasteiger partial charge is 0.304 e. The van der Waals surface area contributed by atoms with Gasteiger partial charge >= 0.3 is 5.97 Å². The van der Waals surface area contributed by atoms with Gasteiger partial charge in [-0.3, -0.25) is 4.79 Å². The predicted molar refractivity (Wildman–Crippen MR) is 69.7 cm³/mol. The number of aliphatic carboxylic acids is 1. The molecule has 1 aliphatic carbocycles. The SMILES string of the molecule is CC(CC1CCCC1)CC(C)C(N)CC(=O)O. The van der Waals surface area contributed by atoms with Gasteiger partial charge in [-0.2, -0.15) is 0 Å². The Hall–Kier alpha value is -0.570.